The van der Waals surface area contributed by atoms with E-state index in [0.29, 0.717) is 40.4 Å². The molecule has 1 aromatic heterocycles. The molecule has 0 saturated heterocycles. The number of benzene rings is 1. The Morgan fingerprint density at radius 3 is 2.74 bits per heavy atom. The van der Waals surface area contributed by atoms with E-state index >= 15 is 0 Å². The van der Waals surface area contributed by atoms with Crippen LogP contribution < -0.4 is 5.32 Å². The van der Waals surface area contributed by atoms with Gasteiger partial charge in [0, 0.05) is 17.8 Å². The molecule has 0 bridgehead atoms. The number of methoxy groups -OCH3 is 1. The number of nitrogens with zero attached hydrogens (tertiary/aromatic N) is 2. The Bertz CT molecular complexity index is 1140. The zero-order chi connectivity index (χ0) is 24.1. The minimum absolute atomic E-state index is 0.113. The van der Waals surface area contributed by atoms with Gasteiger partial charge in [-0.25, -0.2) is 9.79 Å². The van der Waals surface area contributed by atoms with Crippen molar-refractivity contribution in [1.82, 2.24) is 10.2 Å². The molecule has 0 radical (unpaired) electrons. The van der Waals surface area contributed by atoms with E-state index in [2.05, 4.69) is 10.3 Å². The number of thioether (sulfide) groups is 1. The fraction of sp³-hybridized carbons (Fsp3) is 0.292. The van der Waals surface area contributed by atoms with E-state index in [1.54, 1.807) is 44.6 Å². The van der Waals surface area contributed by atoms with E-state index in [4.69, 9.17) is 25.5 Å². The number of ether oxygens (including phenoxy) is 2. The van der Waals surface area contributed by atoms with Gasteiger partial charge in [-0.3, -0.25) is 4.79 Å². The summed E-state index contributed by atoms with van der Waals surface area (Å²) in [6, 6.07) is 10.3. The number of esters is 1. The van der Waals surface area contributed by atoms with Crippen molar-refractivity contribution >= 4 is 40.4 Å². The molecule has 2 aliphatic rings. The van der Waals surface area contributed by atoms with Crippen LogP contribution in [0.15, 0.2) is 74.4 Å². The lowest BCUT2D eigenvalue weighted by Crippen LogP contribution is -2.38. The van der Waals surface area contributed by atoms with Crippen LogP contribution in [0.25, 0.3) is 0 Å². The molecule has 0 fully saturated rings. The van der Waals surface area contributed by atoms with E-state index in [1.165, 1.54) is 11.8 Å². The number of nitrogens with one attached hydrogen (secondary N) is 1. The van der Waals surface area contributed by atoms with Gasteiger partial charge in [-0.05, 0) is 42.2 Å². The predicted octanol–water partition coefficient (Wildman–Crippen LogP) is 4.40. The second-order valence-corrected chi connectivity index (χ2v) is 8.88. The lowest BCUT2D eigenvalue weighted by molar-refractivity contribution is -0.141. The maximum atomic E-state index is 13.1. The number of amides is 1. The highest BCUT2D eigenvalue weighted by atomic mass is 35.5. The Labute approximate surface area is 206 Å². The van der Waals surface area contributed by atoms with E-state index < -0.39 is 12.0 Å². The van der Waals surface area contributed by atoms with Crippen LogP contribution in [0, 0.1) is 0 Å². The first-order valence-corrected chi connectivity index (χ1v) is 11.9. The van der Waals surface area contributed by atoms with Gasteiger partial charge in [0.25, 0.3) is 0 Å². The van der Waals surface area contributed by atoms with Gasteiger partial charge in [-0.15, -0.1) is 0 Å². The van der Waals surface area contributed by atoms with Gasteiger partial charge in [-0.1, -0.05) is 35.5 Å². The average molecular weight is 502 g/mol. The lowest BCUT2D eigenvalue weighted by atomic mass is 9.94. The molecule has 3 heterocycles. The quantitative estimate of drug-likeness (QED) is 0.402. The summed E-state index contributed by atoms with van der Waals surface area (Å²) in [5.41, 5.74) is 2.54. The number of aliphatic imine (C=N–C) groups is 1. The summed E-state index contributed by atoms with van der Waals surface area (Å²) < 4.78 is 15.7. The van der Waals surface area contributed by atoms with Crippen molar-refractivity contribution in [1.29, 1.82) is 0 Å². The summed E-state index contributed by atoms with van der Waals surface area (Å²) in [7, 11) is 1.54. The second kappa shape index (κ2) is 10.9. The average Bonchev–Trinajstić information content (AvgIpc) is 3.48. The number of amidine groups is 1. The predicted molar refractivity (Wildman–Crippen MR) is 130 cm³/mol. The van der Waals surface area contributed by atoms with E-state index in [9.17, 15) is 9.59 Å². The van der Waals surface area contributed by atoms with Crippen molar-refractivity contribution in [2.75, 3.05) is 20.3 Å². The van der Waals surface area contributed by atoms with Crippen LogP contribution in [0.1, 0.15) is 30.7 Å². The van der Waals surface area contributed by atoms with Crippen molar-refractivity contribution in [3.8, 4) is 0 Å². The molecular formula is C24H24ClN3O5S. The Morgan fingerprint density at radius 2 is 2.03 bits per heavy atom. The largest absolute Gasteiger partial charge is 0.467 e. The smallest absolute Gasteiger partial charge is 0.338 e. The zero-order valence-electron chi connectivity index (χ0n) is 18.7. The molecule has 10 heteroatoms. The van der Waals surface area contributed by atoms with Gasteiger partial charge in [0.15, 0.2) is 5.17 Å². The van der Waals surface area contributed by atoms with Gasteiger partial charge in [0.1, 0.15) is 12.4 Å². The Kier molecular flexibility index (Phi) is 7.77. The highest BCUT2D eigenvalue weighted by molar-refractivity contribution is 8.16. The number of hydrogen-bond donors (Lipinski definition) is 1. The highest BCUT2D eigenvalue weighted by Crippen LogP contribution is 2.44. The normalized spacial score (nSPS) is 17.3. The summed E-state index contributed by atoms with van der Waals surface area (Å²) >= 11 is 7.53. The summed E-state index contributed by atoms with van der Waals surface area (Å²) in [5.74, 6) is 0.0210. The fourth-order valence-corrected chi connectivity index (χ4v) is 4.80. The number of carbonyl (C=O) groups excluding carboxylic acids is 2. The topological polar surface area (TPSA) is 93.4 Å². The van der Waals surface area contributed by atoms with Crippen molar-refractivity contribution in [2.24, 2.45) is 4.99 Å². The van der Waals surface area contributed by atoms with Gasteiger partial charge in [-0.2, -0.15) is 0 Å². The van der Waals surface area contributed by atoms with E-state index in [-0.39, 0.29) is 18.9 Å². The molecule has 2 aromatic rings. The van der Waals surface area contributed by atoms with Crippen LogP contribution in [0.4, 0.5) is 0 Å². The molecule has 0 spiro atoms. The maximum absolute atomic E-state index is 13.1. The molecule has 34 heavy (non-hydrogen) atoms. The van der Waals surface area contributed by atoms with Gasteiger partial charge >= 0.3 is 5.97 Å². The molecule has 1 aromatic carbocycles. The molecule has 0 aliphatic carbocycles. The molecular weight excluding hydrogens is 478 g/mol. The zero-order valence-corrected chi connectivity index (χ0v) is 20.3. The van der Waals surface area contributed by atoms with Gasteiger partial charge < -0.3 is 24.1 Å². The van der Waals surface area contributed by atoms with Crippen LogP contribution in [0.2, 0.25) is 5.02 Å². The molecule has 1 N–H and O–H groups in total. The van der Waals surface area contributed by atoms with Gasteiger partial charge in [0.2, 0.25) is 5.91 Å². The minimum atomic E-state index is -0.515. The summed E-state index contributed by atoms with van der Waals surface area (Å²) in [6.45, 7) is 2.50. The Hall–Kier alpha value is -3.01. The van der Waals surface area contributed by atoms with E-state index in [0.717, 1.165) is 11.3 Å². The van der Waals surface area contributed by atoms with Crippen molar-refractivity contribution < 1.29 is 23.5 Å². The van der Waals surface area contributed by atoms with Crippen LogP contribution in [0.3, 0.4) is 0 Å². The SMILES string of the molecule is COCCOC(=O)C1=C(C)N=C2SC=C(CC(=O)NCc3ccco3)N2C1c1ccc(Cl)cc1. The first-order valence-electron chi connectivity index (χ1n) is 10.6. The monoisotopic (exact) mass is 501 g/mol. The second-order valence-electron chi connectivity index (χ2n) is 7.61. The fourth-order valence-electron chi connectivity index (χ4n) is 3.71. The Morgan fingerprint density at radius 1 is 1.24 bits per heavy atom. The van der Waals surface area contributed by atoms with Crippen LogP contribution in [0.5, 0.6) is 0 Å². The maximum Gasteiger partial charge on any atom is 0.338 e. The first-order chi connectivity index (χ1) is 16.5. The van der Waals surface area contributed by atoms with Crippen LogP contribution >= 0.6 is 23.4 Å². The number of allylic oxidation sites excluding steroid dienone is 1. The number of hydrogen-bond acceptors (Lipinski definition) is 8. The first kappa shape index (κ1) is 24.1. The minimum Gasteiger partial charge on any atom is -0.467 e. The summed E-state index contributed by atoms with van der Waals surface area (Å²) in [6.07, 6.45) is 1.68. The molecule has 1 unspecified atom stereocenters. The number of carbonyl (C=O) groups is 2. The third kappa shape index (κ3) is 5.38. The third-order valence-electron chi connectivity index (χ3n) is 5.31. The number of fused-ring (bicyclic) bond motifs is 1. The molecule has 1 amide bonds. The van der Waals surface area contributed by atoms with Crippen molar-refractivity contribution in [3.63, 3.8) is 0 Å². The number of halogens is 1. The standard InChI is InChI=1S/C24H24ClN3O5S/c1-15-21(23(30)33-11-10-31-2)22(16-5-7-17(25)8-6-16)28-18(14-34-24(28)27-15)12-20(29)26-13-19-4-3-9-32-19/h3-9,14,22H,10-13H2,1-2H3,(H,26,29). The number of rotatable bonds is 9. The lowest BCUT2D eigenvalue weighted by Gasteiger charge is -2.36. The van der Waals surface area contributed by atoms with Crippen molar-refractivity contribution in [3.05, 3.63) is 81.4 Å². The highest BCUT2D eigenvalue weighted by Gasteiger charge is 2.41. The Balaban J connectivity index is 1.60. The molecule has 0 saturated carbocycles. The van der Waals surface area contributed by atoms with E-state index in [1.807, 2.05) is 22.4 Å². The number of furan rings is 1. The molecule has 4 rings (SSSR count). The van der Waals surface area contributed by atoms with Gasteiger partial charge in [0.05, 0.1) is 43.1 Å². The molecule has 1 atom stereocenters. The third-order valence-corrected chi connectivity index (χ3v) is 6.45. The summed E-state index contributed by atoms with van der Waals surface area (Å²) in [4.78, 5) is 32.4. The molecule has 2 aliphatic heterocycles. The molecule has 178 valence electrons. The van der Waals surface area contributed by atoms with Crippen LogP contribution in [-0.2, 0) is 25.6 Å². The molecule has 8 nitrogen and oxygen atoms in total. The van der Waals surface area contributed by atoms with Crippen LogP contribution in [-0.4, -0.2) is 42.3 Å². The van der Waals surface area contributed by atoms with Crippen molar-refractivity contribution in [2.45, 2.75) is 25.9 Å². The summed E-state index contributed by atoms with van der Waals surface area (Å²) in [5, 5.41) is 6.03.